The summed E-state index contributed by atoms with van der Waals surface area (Å²) in [6.07, 6.45) is 2.38. The number of sulfonamides is 1. The Kier molecular flexibility index (Phi) is 5.75. The van der Waals surface area contributed by atoms with Crippen LogP contribution in [0, 0.1) is 10.1 Å². The van der Waals surface area contributed by atoms with Gasteiger partial charge in [-0.3, -0.25) is 9.59 Å². The van der Waals surface area contributed by atoms with E-state index in [0.717, 1.165) is 0 Å². The van der Waals surface area contributed by atoms with Gasteiger partial charge in [0, 0.05) is 31.7 Å². The number of aromatic nitrogens is 2. The Hall–Kier alpha value is -3.12. The molecule has 0 N–H and O–H groups in total. The molecule has 0 unspecified atom stereocenters. The third-order valence-corrected chi connectivity index (χ3v) is 6.53. The van der Waals surface area contributed by atoms with E-state index in [1.165, 1.54) is 57.5 Å². The number of nitro groups is 1. The lowest BCUT2D eigenvalue weighted by Gasteiger charge is -2.34. The number of imidazole rings is 1. The van der Waals surface area contributed by atoms with Crippen molar-refractivity contribution >= 4 is 27.5 Å². The molecular formula is C17H19N5O6S. The predicted octanol–water partition coefficient (Wildman–Crippen LogP) is 0.527. The van der Waals surface area contributed by atoms with Crippen LogP contribution in [0.3, 0.4) is 0 Å². The summed E-state index contributed by atoms with van der Waals surface area (Å²) < 4.78 is 28.1. The predicted molar refractivity (Wildman–Crippen MR) is 101 cm³/mol. The Morgan fingerprint density at radius 1 is 1.14 bits per heavy atom. The molecule has 0 bridgehead atoms. The molecule has 1 aromatic carbocycles. The maximum Gasteiger partial charge on any atom is 0.381 e. The highest BCUT2D eigenvalue weighted by molar-refractivity contribution is 7.89. The molecule has 1 fully saturated rings. The number of rotatable bonds is 6. The van der Waals surface area contributed by atoms with Crippen LogP contribution in [0.5, 0.6) is 0 Å². The first kappa shape index (κ1) is 20.6. The smallest absolute Gasteiger partial charge is 0.358 e. The van der Waals surface area contributed by atoms with Gasteiger partial charge in [-0.2, -0.15) is 4.31 Å². The summed E-state index contributed by atoms with van der Waals surface area (Å²) >= 11 is 0. The first-order valence-corrected chi connectivity index (χ1v) is 10.2. The Balaban J connectivity index is 1.60. The number of hydrogen-bond donors (Lipinski definition) is 0. The number of ketones is 1. The monoisotopic (exact) mass is 421 g/mol. The Morgan fingerprint density at radius 3 is 2.28 bits per heavy atom. The summed E-state index contributed by atoms with van der Waals surface area (Å²) in [7, 11) is -3.72. The van der Waals surface area contributed by atoms with Crippen molar-refractivity contribution in [2.24, 2.45) is 0 Å². The molecule has 1 aliphatic heterocycles. The van der Waals surface area contributed by atoms with Gasteiger partial charge in [-0.1, -0.05) is 12.1 Å². The molecule has 12 heteroatoms. The largest absolute Gasteiger partial charge is 0.381 e. The standard InChI is InChI=1S/C17H19N5O6S/c1-13(23)14-2-4-15(5-3-14)29(27,28)21-8-6-20(7-9-21)17(24)11-19-10-16(18-12-19)22(25)26/h2-5,10,12H,6-9,11H2,1H3. The van der Waals surface area contributed by atoms with Crippen LogP contribution in [0.25, 0.3) is 0 Å². The van der Waals surface area contributed by atoms with E-state index in [1.807, 2.05) is 0 Å². The van der Waals surface area contributed by atoms with Gasteiger partial charge in [0.05, 0.1) is 4.90 Å². The van der Waals surface area contributed by atoms with Gasteiger partial charge in [0.25, 0.3) is 0 Å². The molecule has 2 heterocycles. The van der Waals surface area contributed by atoms with Crippen LogP contribution in [0.2, 0.25) is 0 Å². The van der Waals surface area contributed by atoms with E-state index in [4.69, 9.17) is 0 Å². The first-order valence-electron chi connectivity index (χ1n) is 8.73. The normalized spacial score (nSPS) is 15.3. The molecule has 154 valence electrons. The Morgan fingerprint density at radius 2 is 1.76 bits per heavy atom. The Labute approximate surface area is 166 Å². The van der Waals surface area contributed by atoms with E-state index < -0.39 is 14.9 Å². The van der Waals surface area contributed by atoms with Gasteiger partial charge in [0.2, 0.25) is 22.3 Å². The maximum atomic E-state index is 12.8. The second-order valence-corrected chi connectivity index (χ2v) is 8.46. The number of piperazine rings is 1. The van der Waals surface area contributed by atoms with Crippen LogP contribution in [0.4, 0.5) is 5.82 Å². The first-order chi connectivity index (χ1) is 13.7. The molecule has 3 rings (SSSR count). The third kappa shape index (κ3) is 4.49. The zero-order valence-corrected chi connectivity index (χ0v) is 16.4. The van der Waals surface area contributed by atoms with Crippen LogP contribution in [-0.2, 0) is 21.4 Å². The summed E-state index contributed by atoms with van der Waals surface area (Å²) in [4.78, 5) is 38.9. The zero-order valence-electron chi connectivity index (χ0n) is 15.6. The summed E-state index contributed by atoms with van der Waals surface area (Å²) in [5, 5.41) is 10.7. The van der Waals surface area contributed by atoms with Crippen LogP contribution >= 0.6 is 0 Å². The number of carbonyl (C=O) groups excluding carboxylic acids is 2. The lowest BCUT2D eigenvalue weighted by atomic mass is 10.2. The lowest BCUT2D eigenvalue weighted by Crippen LogP contribution is -2.51. The fourth-order valence-corrected chi connectivity index (χ4v) is 4.40. The summed E-state index contributed by atoms with van der Waals surface area (Å²) in [5.74, 6) is -0.769. The topological polar surface area (TPSA) is 136 Å². The minimum absolute atomic E-state index is 0.0907. The van der Waals surface area contributed by atoms with Gasteiger partial charge in [0.15, 0.2) is 5.78 Å². The van der Waals surface area contributed by atoms with E-state index in [9.17, 15) is 28.1 Å². The second-order valence-electron chi connectivity index (χ2n) is 6.53. The molecule has 1 amide bonds. The molecule has 29 heavy (non-hydrogen) atoms. The van der Waals surface area contributed by atoms with Crippen molar-refractivity contribution < 1.29 is 22.9 Å². The Bertz CT molecular complexity index is 1040. The molecule has 0 aliphatic carbocycles. The average molecular weight is 421 g/mol. The average Bonchev–Trinajstić information content (AvgIpc) is 3.17. The van der Waals surface area contributed by atoms with E-state index in [0.29, 0.717) is 5.56 Å². The highest BCUT2D eigenvalue weighted by Gasteiger charge is 2.30. The molecule has 0 saturated carbocycles. The molecule has 1 aromatic heterocycles. The minimum Gasteiger partial charge on any atom is -0.358 e. The van der Waals surface area contributed by atoms with Crippen LogP contribution in [0.15, 0.2) is 41.7 Å². The molecule has 0 radical (unpaired) electrons. The van der Waals surface area contributed by atoms with Crippen LogP contribution in [0.1, 0.15) is 17.3 Å². The van der Waals surface area contributed by atoms with Crippen molar-refractivity contribution in [1.82, 2.24) is 18.8 Å². The SMILES string of the molecule is CC(=O)c1ccc(S(=O)(=O)N2CCN(C(=O)Cn3cnc([N+](=O)[O-])c3)CC2)cc1. The van der Waals surface area contributed by atoms with Crippen molar-refractivity contribution in [2.45, 2.75) is 18.4 Å². The molecule has 0 atom stereocenters. The number of benzene rings is 1. The van der Waals surface area contributed by atoms with Gasteiger partial charge in [0.1, 0.15) is 12.7 Å². The van der Waals surface area contributed by atoms with E-state index in [1.54, 1.807) is 0 Å². The van der Waals surface area contributed by atoms with Crippen LogP contribution < -0.4 is 0 Å². The van der Waals surface area contributed by atoms with Crippen LogP contribution in [-0.4, -0.2) is 70.0 Å². The van der Waals surface area contributed by atoms with Crippen molar-refractivity contribution in [3.05, 3.63) is 52.5 Å². The van der Waals surface area contributed by atoms with Gasteiger partial charge >= 0.3 is 5.82 Å². The number of carbonyl (C=O) groups is 2. The van der Waals surface area contributed by atoms with Gasteiger partial charge < -0.3 is 19.6 Å². The fourth-order valence-electron chi connectivity index (χ4n) is 2.97. The second kappa shape index (κ2) is 8.09. The third-order valence-electron chi connectivity index (χ3n) is 4.61. The van der Waals surface area contributed by atoms with Gasteiger partial charge in [-0.05, 0) is 29.0 Å². The summed E-state index contributed by atoms with van der Waals surface area (Å²) in [6, 6.07) is 5.74. The van der Waals surface area contributed by atoms with E-state index in [2.05, 4.69) is 4.98 Å². The van der Waals surface area contributed by atoms with Crippen molar-refractivity contribution in [2.75, 3.05) is 26.2 Å². The molecule has 1 aliphatic rings. The molecule has 0 spiro atoms. The molecule has 11 nitrogen and oxygen atoms in total. The molecule has 1 saturated heterocycles. The highest BCUT2D eigenvalue weighted by Crippen LogP contribution is 2.19. The number of hydrogen-bond acceptors (Lipinski definition) is 7. The molecular weight excluding hydrogens is 402 g/mol. The van der Waals surface area contributed by atoms with E-state index in [-0.39, 0.29) is 55.1 Å². The fraction of sp³-hybridized carbons (Fsp3) is 0.353. The van der Waals surface area contributed by atoms with Crippen molar-refractivity contribution in [3.8, 4) is 0 Å². The quantitative estimate of drug-likeness (QED) is 0.377. The van der Waals surface area contributed by atoms with Crippen molar-refractivity contribution in [1.29, 1.82) is 0 Å². The lowest BCUT2D eigenvalue weighted by molar-refractivity contribution is -0.389. The summed E-state index contributed by atoms with van der Waals surface area (Å²) in [5.41, 5.74) is 0.430. The summed E-state index contributed by atoms with van der Waals surface area (Å²) in [6.45, 7) is 1.97. The van der Waals surface area contributed by atoms with Gasteiger partial charge in [-0.25, -0.2) is 8.42 Å². The number of nitrogens with zero attached hydrogens (tertiary/aromatic N) is 5. The number of Topliss-reactive ketones (excluding diaryl/α,β-unsaturated/α-hetero) is 1. The molecule has 2 aromatic rings. The zero-order chi connectivity index (χ0) is 21.2. The number of amides is 1. The van der Waals surface area contributed by atoms with Crippen molar-refractivity contribution in [3.63, 3.8) is 0 Å². The minimum atomic E-state index is -3.72. The van der Waals surface area contributed by atoms with E-state index >= 15 is 0 Å². The maximum absolute atomic E-state index is 12.8. The highest BCUT2D eigenvalue weighted by atomic mass is 32.2. The van der Waals surface area contributed by atoms with Gasteiger partial charge in [-0.15, -0.1) is 0 Å².